The van der Waals surface area contributed by atoms with Crippen LogP contribution in [-0.4, -0.2) is 40.2 Å². The highest BCUT2D eigenvalue weighted by atomic mass is 79.9. The average molecular weight is 377 g/mol. The number of rotatable bonds is 3. The van der Waals surface area contributed by atoms with Crippen molar-refractivity contribution >= 4 is 21.8 Å². The van der Waals surface area contributed by atoms with Crippen LogP contribution in [0.2, 0.25) is 0 Å². The maximum Gasteiger partial charge on any atom is 0.274 e. The van der Waals surface area contributed by atoms with Crippen molar-refractivity contribution in [2.24, 2.45) is 11.1 Å². The van der Waals surface area contributed by atoms with Gasteiger partial charge in [-0.1, -0.05) is 22.9 Å². The van der Waals surface area contributed by atoms with Gasteiger partial charge in [0.05, 0.1) is 5.69 Å². The van der Waals surface area contributed by atoms with Crippen LogP contribution in [0, 0.1) is 12.3 Å². The van der Waals surface area contributed by atoms with Gasteiger partial charge in [0.25, 0.3) is 5.91 Å². The lowest BCUT2D eigenvalue weighted by atomic mass is 9.90. The van der Waals surface area contributed by atoms with E-state index in [1.807, 2.05) is 42.2 Å². The van der Waals surface area contributed by atoms with Crippen molar-refractivity contribution in [1.29, 1.82) is 0 Å². The van der Waals surface area contributed by atoms with Crippen molar-refractivity contribution in [2.45, 2.75) is 20.3 Å². The van der Waals surface area contributed by atoms with Crippen molar-refractivity contribution < 1.29 is 4.79 Å². The highest BCUT2D eigenvalue weighted by molar-refractivity contribution is 9.10. The maximum atomic E-state index is 12.7. The second-order valence-corrected chi connectivity index (χ2v) is 7.47. The maximum absolute atomic E-state index is 12.7. The summed E-state index contributed by atoms with van der Waals surface area (Å²) in [5.41, 5.74) is 8.23. The molecule has 2 N–H and O–H groups in total. The number of nitrogens with two attached hydrogens (primary N) is 1. The Kier molecular flexibility index (Phi) is 4.29. The minimum absolute atomic E-state index is 0.0128. The predicted molar refractivity (Wildman–Crippen MR) is 93.7 cm³/mol. The lowest BCUT2D eigenvalue weighted by Gasteiger charge is -2.22. The molecule has 2 heterocycles. The number of nitrogens with zero attached hydrogens (tertiary/aromatic N) is 3. The quantitative estimate of drug-likeness (QED) is 0.895. The number of hydrogen-bond acceptors (Lipinski definition) is 3. The van der Waals surface area contributed by atoms with Gasteiger partial charge >= 0.3 is 0 Å². The molecule has 122 valence electrons. The Balaban J connectivity index is 1.83. The van der Waals surface area contributed by atoms with E-state index >= 15 is 0 Å². The molecule has 1 aliphatic rings. The number of carbonyl (C=O) groups excluding carboxylic acids is 1. The number of carbonyl (C=O) groups is 1. The average Bonchev–Trinajstić information content (AvgIpc) is 3.12. The summed E-state index contributed by atoms with van der Waals surface area (Å²) in [6.45, 7) is 6.14. The molecule has 0 saturated carbocycles. The molecule has 1 unspecified atom stereocenters. The van der Waals surface area contributed by atoms with Gasteiger partial charge in [-0.15, -0.1) is 0 Å². The van der Waals surface area contributed by atoms with Crippen LogP contribution in [-0.2, 0) is 0 Å². The molecule has 1 aromatic heterocycles. The molecule has 23 heavy (non-hydrogen) atoms. The van der Waals surface area contributed by atoms with Crippen LogP contribution in [0.25, 0.3) is 5.69 Å². The molecule has 2 aromatic rings. The van der Waals surface area contributed by atoms with Gasteiger partial charge < -0.3 is 10.6 Å². The first-order chi connectivity index (χ1) is 10.9. The first-order valence-corrected chi connectivity index (χ1v) is 8.53. The summed E-state index contributed by atoms with van der Waals surface area (Å²) in [6.07, 6.45) is 0.946. The van der Waals surface area contributed by atoms with Gasteiger partial charge in [0.1, 0.15) is 0 Å². The fourth-order valence-corrected chi connectivity index (χ4v) is 3.21. The standard InChI is InChI=1S/C17H21BrN4O/c1-12-9-15(16(23)21-8-7-17(2,10-19)11-21)20-22(12)14-5-3-13(18)4-6-14/h3-6,9H,7-8,10-11,19H2,1-2H3. The second-order valence-electron chi connectivity index (χ2n) is 6.55. The molecular formula is C17H21BrN4O. The molecule has 3 rings (SSSR count). The van der Waals surface area contributed by atoms with E-state index in [0.717, 1.165) is 28.8 Å². The molecule has 6 heteroatoms. The third-order valence-electron chi connectivity index (χ3n) is 4.52. The number of benzene rings is 1. The van der Waals surface area contributed by atoms with Crippen LogP contribution in [0.4, 0.5) is 0 Å². The third kappa shape index (κ3) is 3.19. The van der Waals surface area contributed by atoms with E-state index in [4.69, 9.17) is 5.73 Å². The molecule has 1 fully saturated rings. The molecule has 0 bridgehead atoms. The van der Waals surface area contributed by atoms with E-state index in [1.54, 1.807) is 4.68 Å². The molecule has 0 radical (unpaired) electrons. The van der Waals surface area contributed by atoms with Gasteiger partial charge in [0.15, 0.2) is 5.69 Å². The summed E-state index contributed by atoms with van der Waals surface area (Å²) in [5.74, 6) is -0.0128. The zero-order chi connectivity index (χ0) is 16.6. The van der Waals surface area contributed by atoms with Crippen LogP contribution in [0.1, 0.15) is 29.5 Å². The fourth-order valence-electron chi connectivity index (χ4n) is 2.95. The summed E-state index contributed by atoms with van der Waals surface area (Å²) in [4.78, 5) is 14.6. The Labute approximate surface area is 144 Å². The lowest BCUT2D eigenvalue weighted by Crippen LogP contribution is -2.34. The smallest absolute Gasteiger partial charge is 0.274 e. The minimum atomic E-state index is -0.0128. The Morgan fingerprint density at radius 2 is 2.09 bits per heavy atom. The van der Waals surface area contributed by atoms with Gasteiger partial charge in [-0.25, -0.2) is 4.68 Å². The molecule has 1 atom stereocenters. The topological polar surface area (TPSA) is 64.2 Å². The zero-order valence-corrected chi connectivity index (χ0v) is 15.0. The number of amides is 1. The molecule has 0 spiro atoms. The molecule has 1 aliphatic heterocycles. The molecule has 5 nitrogen and oxygen atoms in total. The summed E-state index contributed by atoms with van der Waals surface area (Å²) in [5, 5.41) is 4.51. The number of hydrogen-bond donors (Lipinski definition) is 1. The predicted octanol–water partition coefficient (Wildman–Crippen LogP) is 2.75. The monoisotopic (exact) mass is 376 g/mol. The van der Waals surface area contributed by atoms with Gasteiger partial charge in [0, 0.05) is 23.3 Å². The first kappa shape index (κ1) is 16.2. The van der Waals surface area contributed by atoms with E-state index in [-0.39, 0.29) is 11.3 Å². The second kappa shape index (κ2) is 6.09. The first-order valence-electron chi connectivity index (χ1n) is 7.74. The number of aryl methyl sites for hydroxylation is 1. The van der Waals surface area contributed by atoms with Crippen LogP contribution in [0.3, 0.4) is 0 Å². The Morgan fingerprint density at radius 1 is 1.39 bits per heavy atom. The SMILES string of the molecule is Cc1cc(C(=O)N2CCC(C)(CN)C2)nn1-c1ccc(Br)cc1. The summed E-state index contributed by atoms with van der Waals surface area (Å²) >= 11 is 3.43. The van der Waals surface area contributed by atoms with Crippen LogP contribution in [0.15, 0.2) is 34.8 Å². The van der Waals surface area contributed by atoms with Gasteiger partial charge in [-0.2, -0.15) is 5.10 Å². The van der Waals surface area contributed by atoms with Crippen LogP contribution < -0.4 is 5.73 Å². The molecule has 1 aromatic carbocycles. The van der Waals surface area contributed by atoms with Crippen molar-refractivity contribution in [3.8, 4) is 5.69 Å². The Morgan fingerprint density at radius 3 is 2.70 bits per heavy atom. The number of aromatic nitrogens is 2. The molecular weight excluding hydrogens is 356 g/mol. The van der Waals surface area contributed by atoms with E-state index in [2.05, 4.69) is 28.0 Å². The van der Waals surface area contributed by atoms with E-state index in [9.17, 15) is 4.79 Å². The van der Waals surface area contributed by atoms with Crippen molar-refractivity contribution in [3.05, 3.63) is 46.2 Å². The summed E-state index contributed by atoms with van der Waals surface area (Å²) in [6, 6.07) is 9.72. The van der Waals surface area contributed by atoms with Crippen molar-refractivity contribution in [3.63, 3.8) is 0 Å². The zero-order valence-electron chi connectivity index (χ0n) is 13.4. The Bertz CT molecular complexity index is 725. The highest BCUT2D eigenvalue weighted by Crippen LogP contribution is 2.29. The minimum Gasteiger partial charge on any atom is -0.337 e. The lowest BCUT2D eigenvalue weighted by molar-refractivity contribution is 0.0770. The molecule has 0 aliphatic carbocycles. The van der Waals surface area contributed by atoms with Crippen molar-refractivity contribution in [2.75, 3.05) is 19.6 Å². The van der Waals surface area contributed by atoms with E-state index in [1.165, 1.54) is 0 Å². The van der Waals surface area contributed by atoms with Gasteiger partial charge in [0.2, 0.25) is 0 Å². The van der Waals surface area contributed by atoms with E-state index in [0.29, 0.717) is 18.8 Å². The summed E-state index contributed by atoms with van der Waals surface area (Å²) < 4.78 is 2.82. The van der Waals surface area contributed by atoms with Gasteiger partial charge in [-0.3, -0.25) is 4.79 Å². The third-order valence-corrected chi connectivity index (χ3v) is 5.04. The van der Waals surface area contributed by atoms with E-state index < -0.39 is 0 Å². The van der Waals surface area contributed by atoms with Crippen LogP contribution >= 0.6 is 15.9 Å². The highest BCUT2D eigenvalue weighted by Gasteiger charge is 2.35. The largest absolute Gasteiger partial charge is 0.337 e. The summed E-state index contributed by atoms with van der Waals surface area (Å²) in [7, 11) is 0. The molecule has 1 amide bonds. The number of likely N-dealkylation sites (tertiary alicyclic amines) is 1. The normalized spacial score (nSPS) is 21.0. The number of halogens is 1. The fraction of sp³-hybridized carbons (Fsp3) is 0.412. The van der Waals surface area contributed by atoms with Crippen LogP contribution in [0.5, 0.6) is 0 Å². The Hall–Kier alpha value is -1.66. The van der Waals surface area contributed by atoms with Gasteiger partial charge in [-0.05, 0) is 55.6 Å². The van der Waals surface area contributed by atoms with Crippen molar-refractivity contribution in [1.82, 2.24) is 14.7 Å². The molecule has 1 saturated heterocycles.